The van der Waals surface area contributed by atoms with Crippen LogP contribution in [-0.4, -0.2) is 27.4 Å². The quantitative estimate of drug-likeness (QED) is 0.726. The molecule has 2 aromatic heterocycles. The molecular formula is C18H21N4S2+. The maximum absolute atomic E-state index is 5.79. The Balaban J connectivity index is 1.77. The molecule has 0 bridgehead atoms. The van der Waals surface area contributed by atoms with Crippen LogP contribution in [0, 0.1) is 4.77 Å². The van der Waals surface area contributed by atoms with Crippen LogP contribution in [0.1, 0.15) is 19.3 Å². The molecule has 1 aliphatic rings. The molecule has 6 heteroatoms. The van der Waals surface area contributed by atoms with Crippen LogP contribution in [0.15, 0.2) is 47.8 Å². The summed E-state index contributed by atoms with van der Waals surface area (Å²) in [6.45, 7) is 3.29. The molecule has 1 aromatic carbocycles. The molecule has 0 radical (unpaired) electrons. The first-order chi connectivity index (χ1) is 11.8. The number of benzene rings is 1. The highest BCUT2D eigenvalue weighted by Crippen LogP contribution is 2.26. The maximum atomic E-state index is 5.79. The molecule has 0 saturated carbocycles. The Morgan fingerprint density at radius 2 is 1.83 bits per heavy atom. The Morgan fingerprint density at radius 3 is 2.54 bits per heavy atom. The normalized spacial score (nSPS) is 15.7. The molecule has 3 aromatic rings. The third kappa shape index (κ3) is 3.09. The lowest BCUT2D eigenvalue weighted by atomic mass is 10.1. The molecule has 24 heavy (non-hydrogen) atoms. The zero-order valence-corrected chi connectivity index (χ0v) is 15.2. The van der Waals surface area contributed by atoms with Crippen molar-refractivity contribution in [1.82, 2.24) is 14.3 Å². The highest BCUT2D eigenvalue weighted by Gasteiger charge is 2.19. The summed E-state index contributed by atoms with van der Waals surface area (Å²) in [5, 5.41) is 6.97. The van der Waals surface area contributed by atoms with Gasteiger partial charge in [-0.25, -0.2) is 0 Å². The first kappa shape index (κ1) is 15.7. The van der Waals surface area contributed by atoms with Crippen molar-refractivity contribution in [2.45, 2.75) is 25.9 Å². The van der Waals surface area contributed by atoms with Gasteiger partial charge in [0.1, 0.15) is 0 Å². The minimum absolute atomic E-state index is 0.780. The van der Waals surface area contributed by atoms with Crippen LogP contribution in [-0.2, 0) is 6.67 Å². The fraction of sp³-hybridized carbons (Fsp3) is 0.333. The van der Waals surface area contributed by atoms with E-state index >= 15 is 0 Å². The second-order valence-corrected chi connectivity index (χ2v) is 7.54. The standard InChI is InChI=1S/C18H20N4S2/c23-18-21(14-20-11-5-2-6-12-20)19-17(16-10-7-13-24-16)22(18)15-8-3-1-4-9-15/h1,3-4,7-10,13H,2,5-6,11-12,14H2/p+1. The van der Waals surface area contributed by atoms with Crippen LogP contribution in [0.4, 0.5) is 0 Å². The van der Waals surface area contributed by atoms with Gasteiger partial charge in [-0.3, -0.25) is 4.57 Å². The van der Waals surface area contributed by atoms with E-state index in [0.29, 0.717) is 0 Å². The van der Waals surface area contributed by atoms with Crippen LogP contribution < -0.4 is 4.90 Å². The van der Waals surface area contributed by atoms with Gasteiger partial charge in [-0.05, 0) is 55.1 Å². The molecule has 0 aliphatic carbocycles. The summed E-state index contributed by atoms with van der Waals surface area (Å²) in [6, 6.07) is 14.5. The summed E-state index contributed by atoms with van der Waals surface area (Å²) < 4.78 is 4.89. The third-order valence-electron chi connectivity index (χ3n) is 4.53. The number of piperidine rings is 1. The van der Waals surface area contributed by atoms with E-state index in [1.807, 2.05) is 22.9 Å². The van der Waals surface area contributed by atoms with Crippen LogP contribution in [0.25, 0.3) is 16.4 Å². The molecule has 1 aliphatic heterocycles. The Bertz CT molecular complexity index is 843. The fourth-order valence-electron chi connectivity index (χ4n) is 3.31. The molecule has 0 spiro atoms. The molecule has 0 unspecified atom stereocenters. The van der Waals surface area contributed by atoms with E-state index in [1.54, 1.807) is 16.2 Å². The van der Waals surface area contributed by atoms with Gasteiger partial charge in [-0.1, -0.05) is 24.3 Å². The number of nitrogens with zero attached hydrogens (tertiary/aromatic N) is 3. The number of nitrogens with one attached hydrogen (secondary N) is 1. The largest absolute Gasteiger partial charge is 0.316 e. The van der Waals surface area contributed by atoms with Gasteiger partial charge < -0.3 is 4.90 Å². The van der Waals surface area contributed by atoms with Crippen LogP contribution >= 0.6 is 23.6 Å². The summed E-state index contributed by atoms with van der Waals surface area (Å²) in [4.78, 5) is 2.73. The molecule has 124 valence electrons. The van der Waals surface area contributed by atoms with E-state index in [0.717, 1.165) is 27.8 Å². The van der Waals surface area contributed by atoms with Gasteiger partial charge in [-0.15, -0.1) is 16.4 Å². The summed E-state index contributed by atoms with van der Waals surface area (Å²) in [5.41, 5.74) is 1.07. The minimum Gasteiger partial charge on any atom is -0.316 e. The second kappa shape index (κ2) is 7.01. The number of thiophene rings is 1. The maximum Gasteiger partial charge on any atom is 0.207 e. The molecular weight excluding hydrogens is 336 g/mol. The predicted octanol–water partition coefficient (Wildman–Crippen LogP) is 3.16. The highest BCUT2D eigenvalue weighted by atomic mass is 32.1. The van der Waals surface area contributed by atoms with Crippen molar-refractivity contribution >= 4 is 23.6 Å². The molecule has 1 saturated heterocycles. The lowest BCUT2D eigenvalue weighted by molar-refractivity contribution is -0.928. The number of rotatable bonds is 4. The lowest BCUT2D eigenvalue weighted by Crippen LogP contribution is -3.12. The van der Waals surface area contributed by atoms with Crippen LogP contribution in [0.3, 0.4) is 0 Å². The molecule has 4 rings (SSSR count). The molecule has 4 nitrogen and oxygen atoms in total. The molecule has 0 atom stereocenters. The predicted molar refractivity (Wildman–Crippen MR) is 100 cm³/mol. The van der Waals surface area contributed by atoms with Crippen molar-refractivity contribution in [3.63, 3.8) is 0 Å². The highest BCUT2D eigenvalue weighted by molar-refractivity contribution is 7.71. The Labute approximate surface area is 151 Å². The van der Waals surface area contributed by atoms with Crippen LogP contribution in [0.2, 0.25) is 0 Å². The Hall–Kier alpha value is -1.76. The summed E-state index contributed by atoms with van der Waals surface area (Å²) in [6.07, 6.45) is 3.97. The zero-order valence-electron chi connectivity index (χ0n) is 13.5. The minimum atomic E-state index is 0.780. The number of para-hydroxylation sites is 1. The lowest BCUT2D eigenvalue weighted by Gasteiger charge is -2.22. The van der Waals surface area contributed by atoms with Crippen molar-refractivity contribution in [3.05, 3.63) is 52.6 Å². The van der Waals surface area contributed by atoms with Gasteiger partial charge in [0.2, 0.25) is 4.77 Å². The van der Waals surface area contributed by atoms with Crippen molar-refractivity contribution in [2.75, 3.05) is 13.1 Å². The van der Waals surface area contributed by atoms with E-state index in [9.17, 15) is 0 Å². The van der Waals surface area contributed by atoms with Gasteiger partial charge in [0, 0.05) is 0 Å². The first-order valence-corrected chi connectivity index (χ1v) is 9.74. The van der Waals surface area contributed by atoms with Gasteiger partial charge in [0.15, 0.2) is 12.5 Å². The van der Waals surface area contributed by atoms with E-state index < -0.39 is 0 Å². The zero-order chi connectivity index (χ0) is 16.4. The van der Waals surface area contributed by atoms with Gasteiger partial charge in [0.05, 0.1) is 23.7 Å². The van der Waals surface area contributed by atoms with Crippen molar-refractivity contribution in [2.24, 2.45) is 0 Å². The first-order valence-electron chi connectivity index (χ1n) is 8.45. The van der Waals surface area contributed by atoms with E-state index in [4.69, 9.17) is 17.3 Å². The smallest absolute Gasteiger partial charge is 0.207 e. The number of likely N-dealkylation sites (tertiary alicyclic amines) is 1. The second-order valence-electron chi connectivity index (χ2n) is 6.22. The number of quaternary nitrogens is 1. The van der Waals surface area contributed by atoms with Crippen molar-refractivity contribution in [3.8, 4) is 16.4 Å². The van der Waals surface area contributed by atoms with Gasteiger partial charge >= 0.3 is 0 Å². The molecule has 1 N–H and O–H groups in total. The third-order valence-corrected chi connectivity index (χ3v) is 5.79. The summed E-state index contributed by atoms with van der Waals surface area (Å²) in [7, 11) is 0. The fourth-order valence-corrected chi connectivity index (χ4v) is 4.30. The number of hydrogen-bond donors (Lipinski definition) is 1. The van der Waals surface area contributed by atoms with E-state index in [-0.39, 0.29) is 0 Å². The van der Waals surface area contributed by atoms with E-state index in [2.05, 4.69) is 34.2 Å². The van der Waals surface area contributed by atoms with Gasteiger partial charge in [-0.2, -0.15) is 4.68 Å². The van der Waals surface area contributed by atoms with Gasteiger partial charge in [0.25, 0.3) is 0 Å². The monoisotopic (exact) mass is 357 g/mol. The molecule has 1 fully saturated rings. The Morgan fingerprint density at radius 1 is 1.04 bits per heavy atom. The number of hydrogen-bond acceptors (Lipinski definition) is 3. The van der Waals surface area contributed by atoms with Crippen LogP contribution in [0.5, 0.6) is 0 Å². The summed E-state index contributed by atoms with van der Waals surface area (Å²) in [5.74, 6) is 0.942. The van der Waals surface area contributed by atoms with Crippen molar-refractivity contribution < 1.29 is 4.90 Å². The average Bonchev–Trinajstić information content (AvgIpc) is 3.26. The number of aromatic nitrogens is 3. The Kier molecular flexibility index (Phi) is 4.60. The molecule has 3 heterocycles. The SMILES string of the molecule is S=c1n(C[NH+]2CCCCC2)nc(-c2cccs2)n1-c1ccccc1. The van der Waals surface area contributed by atoms with E-state index in [1.165, 1.54) is 32.4 Å². The van der Waals surface area contributed by atoms with Crippen molar-refractivity contribution in [1.29, 1.82) is 0 Å². The molecule has 0 amide bonds. The topological polar surface area (TPSA) is 27.2 Å². The average molecular weight is 358 g/mol. The summed E-state index contributed by atoms with van der Waals surface area (Å²) >= 11 is 7.50.